The van der Waals surface area contributed by atoms with E-state index in [1.807, 2.05) is 6.07 Å². The summed E-state index contributed by atoms with van der Waals surface area (Å²) in [6.45, 7) is 0. The molecule has 86 valence electrons. The Kier molecular flexibility index (Phi) is 2.27. The lowest BCUT2D eigenvalue weighted by Crippen LogP contribution is -1.96. The van der Waals surface area contributed by atoms with Crippen molar-refractivity contribution in [2.75, 3.05) is 0 Å². The average Bonchev–Trinajstić information content (AvgIpc) is 2.87. The Hall–Kier alpha value is -2.74. The van der Waals surface area contributed by atoms with E-state index in [2.05, 4.69) is 10.1 Å². The predicted octanol–water partition coefficient (Wildman–Crippen LogP) is 2.41. The number of fused-ring (bicyclic) bond motifs is 1. The molecule has 0 saturated carbocycles. The second-order valence-corrected chi connectivity index (χ2v) is 3.75. The van der Waals surface area contributed by atoms with Gasteiger partial charge >= 0.3 is 0 Å². The third-order valence-corrected chi connectivity index (χ3v) is 2.68. The lowest BCUT2D eigenvalue weighted by atomic mass is 10.1. The van der Waals surface area contributed by atoms with Crippen molar-refractivity contribution in [2.45, 2.75) is 0 Å². The molecule has 0 N–H and O–H groups in total. The summed E-state index contributed by atoms with van der Waals surface area (Å²) in [4.78, 5) is 4.05. The van der Waals surface area contributed by atoms with Crippen LogP contribution in [0.2, 0.25) is 0 Å². The van der Waals surface area contributed by atoms with E-state index in [1.165, 1.54) is 12.4 Å². The third kappa shape index (κ3) is 1.52. The number of nitriles is 1. The third-order valence-electron chi connectivity index (χ3n) is 2.68. The van der Waals surface area contributed by atoms with E-state index in [-0.39, 0.29) is 0 Å². The normalized spacial score (nSPS) is 10.4. The molecular formula is C13H7FN4. The van der Waals surface area contributed by atoms with Gasteiger partial charge in [-0.15, -0.1) is 0 Å². The second-order valence-electron chi connectivity index (χ2n) is 3.75. The van der Waals surface area contributed by atoms with Gasteiger partial charge in [0.05, 0.1) is 17.3 Å². The summed E-state index contributed by atoms with van der Waals surface area (Å²) in [6, 6.07) is 11.6. The van der Waals surface area contributed by atoms with Crippen molar-refractivity contribution in [3.05, 3.63) is 54.1 Å². The molecule has 0 unspecified atom stereocenters. The standard InChI is InChI=1S/C13H7FN4/c14-11-6-9(7-15)4-5-10(11)12-2-1-3-13-16-8-17-18(12)13/h1-6,8H. The molecule has 0 aliphatic rings. The molecule has 18 heavy (non-hydrogen) atoms. The summed E-state index contributed by atoms with van der Waals surface area (Å²) < 4.78 is 15.5. The number of nitrogens with zero attached hydrogens (tertiary/aromatic N) is 4. The van der Waals surface area contributed by atoms with Crippen LogP contribution in [-0.4, -0.2) is 14.6 Å². The molecule has 3 aromatic rings. The molecule has 2 heterocycles. The van der Waals surface area contributed by atoms with E-state index in [9.17, 15) is 4.39 Å². The minimum absolute atomic E-state index is 0.294. The molecular weight excluding hydrogens is 231 g/mol. The first-order valence-electron chi connectivity index (χ1n) is 5.28. The van der Waals surface area contributed by atoms with Crippen LogP contribution >= 0.6 is 0 Å². The van der Waals surface area contributed by atoms with Gasteiger partial charge in [0.2, 0.25) is 0 Å². The zero-order valence-corrected chi connectivity index (χ0v) is 9.21. The zero-order valence-electron chi connectivity index (χ0n) is 9.21. The van der Waals surface area contributed by atoms with Gasteiger partial charge in [0.1, 0.15) is 12.1 Å². The van der Waals surface area contributed by atoms with Gasteiger partial charge in [0, 0.05) is 5.56 Å². The minimum atomic E-state index is -0.447. The van der Waals surface area contributed by atoms with Crippen molar-refractivity contribution in [3.8, 4) is 17.3 Å². The van der Waals surface area contributed by atoms with Crippen LogP contribution in [0.15, 0.2) is 42.7 Å². The van der Waals surface area contributed by atoms with Gasteiger partial charge in [-0.25, -0.2) is 13.9 Å². The lowest BCUT2D eigenvalue weighted by Gasteiger charge is -2.05. The fraction of sp³-hybridized carbons (Fsp3) is 0. The Balaban J connectivity index is 2.27. The highest BCUT2D eigenvalue weighted by atomic mass is 19.1. The van der Waals surface area contributed by atoms with E-state index >= 15 is 0 Å². The van der Waals surface area contributed by atoms with Gasteiger partial charge in [-0.3, -0.25) is 0 Å². The monoisotopic (exact) mass is 238 g/mol. The number of aromatic nitrogens is 3. The highest BCUT2D eigenvalue weighted by molar-refractivity contribution is 5.64. The summed E-state index contributed by atoms with van der Waals surface area (Å²) >= 11 is 0. The largest absolute Gasteiger partial charge is 0.215 e. The summed E-state index contributed by atoms with van der Waals surface area (Å²) in [6.07, 6.45) is 1.42. The van der Waals surface area contributed by atoms with Crippen LogP contribution in [0.5, 0.6) is 0 Å². The van der Waals surface area contributed by atoms with Crippen LogP contribution in [0.1, 0.15) is 5.56 Å². The maximum absolute atomic E-state index is 13.9. The highest BCUT2D eigenvalue weighted by Crippen LogP contribution is 2.23. The van der Waals surface area contributed by atoms with Crippen molar-refractivity contribution in [1.82, 2.24) is 14.6 Å². The van der Waals surface area contributed by atoms with E-state index in [4.69, 9.17) is 5.26 Å². The molecule has 0 saturated heterocycles. The van der Waals surface area contributed by atoms with Gasteiger partial charge in [0.25, 0.3) is 0 Å². The first kappa shape index (κ1) is 10.4. The number of hydrogen-bond acceptors (Lipinski definition) is 3. The summed E-state index contributed by atoms with van der Waals surface area (Å²) in [5.41, 5.74) is 1.94. The van der Waals surface area contributed by atoms with E-state index < -0.39 is 5.82 Å². The minimum Gasteiger partial charge on any atom is -0.215 e. The van der Waals surface area contributed by atoms with Crippen LogP contribution < -0.4 is 0 Å². The summed E-state index contributed by atoms with van der Waals surface area (Å²) in [7, 11) is 0. The molecule has 4 nitrogen and oxygen atoms in total. The van der Waals surface area contributed by atoms with E-state index in [1.54, 1.807) is 34.8 Å². The molecule has 0 radical (unpaired) electrons. The number of benzene rings is 1. The van der Waals surface area contributed by atoms with Crippen molar-refractivity contribution in [2.24, 2.45) is 0 Å². The van der Waals surface area contributed by atoms with Gasteiger partial charge in [-0.05, 0) is 30.3 Å². The molecule has 0 aliphatic heterocycles. The molecule has 0 aliphatic carbocycles. The average molecular weight is 238 g/mol. The van der Waals surface area contributed by atoms with Crippen molar-refractivity contribution >= 4 is 5.65 Å². The van der Waals surface area contributed by atoms with E-state index in [0.717, 1.165) is 0 Å². The van der Waals surface area contributed by atoms with Gasteiger partial charge in [0.15, 0.2) is 5.65 Å². The van der Waals surface area contributed by atoms with Crippen LogP contribution in [-0.2, 0) is 0 Å². The lowest BCUT2D eigenvalue weighted by molar-refractivity contribution is 0.629. The first-order valence-corrected chi connectivity index (χ1v) is 5.28. The van der Waals surface area contributed by atoms with Crippen molar-refractivity contribution in [3.63, 3.8) is 0 Å². The van der Waals surface area contributed by atoms with Crippen LogP contribution in [0, 0.1) is 17.1 Å². The Morgan fingerprint density at radius 2 is 2.11 bits per heavy atom. The van der Waals surface area contributed by atoms with Crippen molar-refractivity contribution < 1.29 is 4.39 Å². The summed E-state index contributed by atoms with van der Waals surface area (Å²) in [5.74, 6) is -0.447. The van der Waals surface area contributed by atoms with Crippen LogP contribution in [0.25, 0.3) is 16.9 Å². The maximum Gasteiger partial charge on any atom is 0.155 e. The Morgan fingerprint density at radius 1 is 1.22 bits per heavy atom. The Labute approximate surface area is 102 Å². The fourth-order valence-electron chi connectivity index (χ4n) is 1.84. The molecule has 0 amide bonds. The summed E-state index contributed by atoms with van der Waals surface area (Å²) in [5, 5.41) is 12.8. The highest BCUT2D eigenvalue weighted by Gasteiger charge is 2.10. The molecule has 2 aromatic heterocycles. The molecule has 0 bridgehead atoms. The molecule has 3 rings (SSSR count). The number of pyridine rings is 1. The van der Waals surface area contributed by atoms with E-state index in [0.29, 0.717) is 22.5 Å². The van der Waals surface area contributed by atoms with Crippen molar-refractivity contribution in [1.29, 1.82) is 5.26 Å². The Morgan fingerprint density at radius 3 is 2.89 bits per heavy atom. The molecule has 0 fully saturated rings. The van der Waals surface area contributed by atoms with Gasteiger partial charge < -0.3 is 0 Å². The predicted molar refractivity (Wildman–Crippen MR) is 63.1 cm³/mol. The van der Waals surface area contributed by atoms with Gasteiger partial charge in [-0.1, -0.05) is 6.07 Å². The Bertz CT molecular complexity index is 770. The zero-order chi connectivity index (χ0) is 12.5. The quantitative estimate of drug-likeness (QED) is 0.654. The molecule has 5 heteroatoms. The number of rotatable bonds is 1. The molecule has 0 atom stereocenters. The van der Waals surface area contributed by atoms with Crippen LogP contribution in [0.4, 0.5) is 4.39 Å². The first-order chi connectivity index (χ1) is 8.79. The smallest absolute Gasteiger partial charge is 0.155 e. The second kappa shape index (κ2) is 3.93. The fourth-order valence-corrected chi connectivity index (χ4v) is 1.84. The SMILES string of the molecule is N#Cc1ccc(-c2cccc3ncnn23)c(F)c1. The number of hydrogen-bond donors (Lipinski definition) is 0. The molecule has 1 aromatic carbocycles. The number of halogens is 1. The molecule has 0 spiro atoms. The van der Waals surface area contributed by atoms with Gasteiger partial charge in [-0.2, -0.15) is 10.4 Å². The van der Waals surface area contributed by atoms with Crippen LogP contribution in [0.3, 0.4) is 0 Å². The topological polar surface area (TPSA) is 54.0 Å². The maximum atomic E-state index is 13.9.